The summed E-state index contributed by atoms with van der Waals surface area (Å²) < 4.78 is 1.83. The molecule has 0 spiro atoms. The SMILES string of the molecule is Cc1ccc(C)c(-n2c3nc(=O)[nH]c(=O)c-3cc3c(Cl)cccc32)c1. The molecule has 0 bridgehead atoms. The Balaban J connectivity index is 2.31. The summed E-state index contributed by atoms with van der Waals surface area (Å²) in [7, 11) is 0. The van der Waals surface area contributed by atoms with Crippen molar-refractivity contribution in [2.75, 3.05) is 0 Å². The zero-order chi connectivity index (χ0) is 17.7. The van der Waals surface area contributed by atoms with Gasteiger partial charge in [-0.3, -0.25) is 14.3 Å². The second-order valence-corrected chi connectivity index (χ2v) is 6.46. The second kappa shape index (κ2) is 5.57. The molecule has 2 aliphatic heterocycles. The quantitative estimate of drug-likeness (QED) is 0.534. The van der Waals surface area contributed by atoms with Crippen molar-refractivity contribution in [2.45, 2.75) is 13.8 Å². The van der Waals surface area contributed by atoms with Gasteiger partial charge in [-0.1, -0.05) is 29.8 Å². The normalized spacial score (nSPS) is 11.3. The van der Waals surface area contributed by atoms with E-state index in [4.69, 9.17) is 11.6 Å². The lowest BCUT2D eigenvalue weighted by atomic mass is 10.1. The van der Waals surface area contributed by atoms with Gasteiger partial charge >= 0.3 is 5.69 Å². The molecule has 6 heteroatoms. The fraction of sp³-hybridized carbons (Fsp3) is 0.105. The number of rotatable bonds is 1. The minimum atomic E-state index is -0.669. The number of fused-ring (bicyclic) bond motifs is 2. The van der Waals surface area contributed by atoms with E-state index in [1.165, 1.54) is 0 Å². The predicted octanol–water partition coefficient (Wildman–Crippen LogP) is 3.45. The maximum Gasteiger partial charge on any atom is 0.349 e. The van der Waals surface area contributed by atoms with E-state index < -0.39 is 11.2 Å². The number of halogens is 1. The second-order valence-electron chi connectivity index (χ2n) is 6.05. The summed E-state index contributed by atoms with van der Waals surface area (Å²) >= 11 is 6.36. The van der Waals surface area contributed by atoms with Gasteiger partial charge in [-0.2, -0.15) is 4.98 Å². The molecule has 2 aromatic carbocycles. The van der Waals surface area contributed by atoms with Crippen molar-refractivity contribution >= 4 is 22.5 Å². The first kappa shape index (κ1) is 15.6. The molecule has 124 valence electrons. The fourth-order valence-corrected chi connectivity index (χ4v) is 3.30. The Hall–Kier alpha value is -2.92. The van der Waals surface area contributed by atoms with Gasteiger partial charge in [0.05, 0.1) is 16.8 Å². The zero-order valence-corrected chi connectivity index (χ0v) is 14.4. The van der Waals surface area contributed by atoms with Crippen molar-refractivity contribution in [3.05, 3.63) is 79.5 Å². The molecule has 1 N–H and O–H groups in total. The number of hydrogen-bond acceptors (Lipinski definition) is 3. The van der Waals surface area contributed by atoms with Crippen LogP contribution in [0.2, 0.25) is 5.02 Å². The van der Waals surface area contributed by atoms with Gasteiger partial charge in [0.2, 0.25) is 0 Å². The number of nitrogens with one attached hydrogen (secondary N) is 1. The van der Waals surface area contributed by atoms with Gasteiger partial charge in [-0.05, 0) is 49.2 Å². The highest BCUT2D eigenvalue weighted by Gasteiger charge is 2.20. The third-order valence-corrected chi connectivity index (χ3v) is 4.62. The standard InChI is InChI=1S/C19H14ClN3O2/c1-10-6-7-11(2)16(8-10)23-15-5-3-4-14(20)12(15)9-13-17(23)21-19(25)22-18(13)24/h3-9H,1-2H3,(H,22,24,25). The average Bonchev–Trinajstić information content (AvgIpc) is 2.56. The minimum Gasteiger partial charge on any atom is -0.293 e. The first-order valence-corrected chi connectivity index (χ1v) is 8.15. The molecule has 4 rings (SSSR count). The summed E-state index contributed by atoms with van der Waals surface area (Å²) in [5, 5.41) is 1.26. The summed E-state index contributed by atoms with van der Waals surface area (Å²) in [6.07, 6.45) is 0. The van der Waals surface area contributed by atoms with Crippen molar-refractivity contribution < 1.29 is 0 Å². The van der Waals surface area contributed by atoms with E-state index in [-0.39, 0.29) is 0 Å². The fourth-order valence-electron chi connectivity index (χ4n) is 3.08. The van der Waals surface area contributed by atoms with E-state index in [0.29, 0.717) is 16.4 Å². The van der Waals surface area contributed by atoms with Crippen LogP contribution >= 0.6 is 11.6 Å². The molecule has 0 unspecified atom stereocenters. The number of aromatic amines is 1. The first-order valence-electron chi connectivity index (χ1n) is 7.77. The van der Waals surface area contributed by atoms with Crippen LogP contribution in [0.3, 0.4) is 0 Å². The van der Waals surface area contributed by atoms with E-state index in [9.17, 15) is 9.59 Å². The molecule has 0 fully saturated rings. The largest absolute Gasteiger partial charge is 0.349 e. The molecular formula is C19H14ClN3O2. The zero-order valence-electron chi connectivity index (χ0n) is 13.6. The number of H-pyrrole nitrogens is 1. The molecule has 2 aliphatic rings. The summed E-state index contributed by atoms with van der Waals surface area (Å²) in [5.74, 6) is 0.317. The predicted molar refractivity (Wildman–Crippen MR) is 99.1 cm³/mol. The number of pyridine rings is 1. The summed E-state index contributed by atoms with van der Waals surface area (Å²) in [4.78, 5) is 30.5. The summed E-state index contributed by atoms with van der Waals surface area (Å²) in [6, 6.07) is 13.2. The number of aromatic nitrogens is 3. The van der Waals surface area contributed by atoms with Crippen LogP contribution < -0.4 is 11.2 Å². The number of hydrogen-bond donors (Lipinski definition) is 1. The van der Waals surface area contributed by atoms with Gasteiger partial charge in [0.15, 0.2) is 5.82 Å². The molecular weight excluding hydrogens is 338 g/mol. The molecule has 0 radical (unpaired) electrons. The highest BCUT2D eigenvalue weighted by molar-refractivity contribution is 6.35. The summed E-state index contributed by atoms with van der Waals surface area (Å²) in [6.45, 7) is 3.96. The Morgan fingerprint density at radius 3 is 2.68 bits per heavy atom. The monoisotopic (exact) mass is 351 g/mol. The van der Waals surface area contributed by atoms with Crippen molar-refractivity contribution in [3.8, 4) is 17.1 Å². The molecule has 0 saturated heterocycles. The van der Waals surface area contributed by atoms with Crippen LogP contribution in [0.5, 0.6) is 0 Å². The molecule has 0 aliphatic carbocycles. The molecule has 0 atom stereocenters. The molecule has 2 heterocycles. The molecule has 2 aromatic rings. The van der Waals surface area contributed by atoms with Gasteiger partial charge in [0, 0.05) is 10.4 Å². The lowest BCUT2D eigenvalue weighted by Crippen LogP contribution is -2.27. The van der Waals surface area contributed by atoms with E-state index in [1.807, 2.05) is 48.7 Å². The third kappa shape index (κ3) is 2.44. The van der Waals surface area contributed by atoms with Crippen LogP contribution in [-0.2, 0) is 0 Å². The Labute approximate surface area is 147 Å². The average molecular weight is 352 g/mol. The van der Waals surface area contributed by atoms with Crippen molar-refractivity contribution in [3.63, 3.8) is 0 Å². The van der Waals surface area contributed by atoms with E-state index in [0.717, 1.165) is 27.7 Å². The van der Waals surface area contributed by atoms with Crippen molar-refractivity contribution in [1.29, 1.82) is 0 Å². The third-order valence-electron chi connectivity index (χ3n) is 4.29. The first-order chi connectivity index (χ1) is 12.0. The Bertz CT molecular complexity index is 1220. The molecule has 0 aromatic heterocycles. The molecule has 0 amide bonds. The van der Waals surface area contributed by atoms with Crippen LogP contribution in [-0.4, -0.2) is 14.5 Å². The number of nitrogens with zero attached hydrogens (tertiary/aromatic N) is 2. The lowest BCUT2D eigenvalue weighted by molar-refractivity contribution is 0.954. The van der Waals surface area contributed by atoms with Gasteiger partial charge < -0.3 is 0 Å². The maximum absolute atomic E-state index is 12.3. The number of benzene rings is 2. The van der Waals surface area contributed by atoms with E-state index >= 15 is 0 Å². The van der Waals surface area contributed by atoms with Crippen molar-refractivity contribution in [2.24, 2.45) is 0 Å². The smallest absolute Gasteiger partial charge is 0.293 e. The Kier molecular flexibility index (Phi) is 3.47. The van der Waals surface area contributed by atoms with Gasteiger partial charge in [-0.25, -0.2) is 4.79 Å². The number of aryl methyl sites for hydroxylation is 2. The van der Waals surface area contributed by atoms with Crippen LogP contribution in [0.4, 0.5) is 0 Å². The lowest BCUT2D eigenvalue weighted by Gasteiger charge is -2.20. The molecule has 25 heavy (non-hydrogen) atoms. The highest BCUT2D eigenvalue weighted by Crippen LogP contribution is 2.32. The van der Waals surface area contributed by atoms with Gasteiger partial charge in [0.1, 0.15) is 0 Å². The van der Waals surface area contributed by atoms with Crippen LogP contribution in [0.1, 0.15) is 11.1 Å². The van der Waals surface area contributed by atoms with Crippen LogP contribution in [0.25, 0.3) is 28.0 Å². The Morgan fingerprint density at radius 1 is 1.08 bits per heavy atom. The van der Waals surface area contributed by atoms with Crippen molar-refractivity contribution in [1.82, 2.24) is 14.5 Å². The maximum atomic E-state index is 12.3. The minimum absolute atomic E-state index is 0.317. The van der Waals surface area contributed by atoms with Crippen LogP contribution in [0.15, 0.2) is 52.1 Å². The van der Waals surface area contributed by atoms with E-state index in [1.54, 1.807) is 12.1 Å². The summed E-state index contributed by atoms with van der Waals surface area (Å²) in [5.41, 5.74) is 2.88. The molecule has 5 nitrogen and oxygen atoms in total. The highest BCUT2D eigenvalue weighted by atomic mass is 35.5. The van der Waals surface area contributed by atoms with E-state index in [2.05, 4.69) is 9.97 Å². The van der Waals surface area contributed by atoms with Gasteiger partial charge in [0.25, 0.3) is 5.56 Å². The van der Waals surface area contributed by atoms with Crippen LogP contribution in [0, 0.1) is 13.8 Å². The Morgan fingerprint density at radius 2 is 1.88 bits per heavy atom. The topological polar surface area (TPSA) is 67.8 Å². The molecule has 0 saturated carbocycles. The van der Waals surface area contributed by atoms with Gasteiger partial charge in [-0.15, -0.1) is 0 Å².